The van der Waals surface area contributed by atoms with E-state index in [1.807, 2.05) is 16.3 Å². The first-order valence-corrected chi connectivity index (χ1v) is 8.40. The highest BCUT2D eigenvalue weighted by Gasteiger charge is 2.26. The van der Waals surface area contributed by atoms with Crippen LogP contribution in [-0.2, 0) is 6.42 Å². The average Bonchev–Trinajstić information content (AvgIpc) is 2.83. The maximum atomic E-state index is 12.8. The first-order valence-electron chi connectivity index (χ1n) is 6.73. The van der Waals surface area contributed by atoms with E-state index in [2.05, 4.69) is 41.9 Å². The molecule has 0 atom stereocenters. The van der Waals surface area contributed by atoms with Crippen molar-refractivity contribution in [2.45, 2.75) is 26.7 Å². The van der Waals surface area contributed by atoms with Crippen LogP contribution in [0.2, 0.25) is 0 Å². The van der Waals surface area contributed by atoms with E-state index in [-0.39, 0.29) is 5.91 Å². The predicted octanol–water partition coefficient (Wildman–Crippen LogP) is 4.72. The second kappa shape index (κ2) is 5.34. The van der Waals surface area contributed by atoms with Gasteiger partial charge in [-0.3, -0.25) is 4.79 Å². The molecule has 2 nitrogen and oxygen atoms in total. The molecule has 1 aliphatic rings. The van der Waals surface area contributed by atoms with E-state index < -0.39 is 0 Å². The summed E-state index contributed by atoms with van der Waals surface area (Å²) in [6, 6.07) is 6.28. The Morgan fingerprint density at radius 1 is 1.35 bits per heavy atom. The zero-order valence-electron chi connectivity index (χ0n) is 11.6. The molecule has 0 unspecified atom stereocenters. The Kier molecular flexibility index (Phi) is 3.69. The number of aryl methyl sites for hydroxylation is 2. The van der Waals surface area contributed by atoms with Crippen LogP contribution in [0, 0.1) is 13.8 Å². The Hall–Kier alpha value is -1.13. The molecule has 0 saturated heterocycles. The van der Waals surface area contributed by atoms with Gasteiger partial charge in [0.25, 0.3) is 5.91 Å². The van der Waals surface area contributed by atoms with Crippen LogP contribution in [-0.4, -0.2) is 12.5 Å². The summed E-state index contributed by atoms with van der Waals surface area (Å²) < 4.78 is 0.893. The molecule has 0 fully saturated rings. The van der Waals surface area contributed by atoms with Gasteiger partial charge < -0.3 is 4.90 Å². The second-order valence-electron chi connectivity index (χ2n) is 5.24. The lowest BCUT2D eigenvalue weighted by atomic mass is 9.95. The van der Waals surface area contributed by atoms with Crippen LogP contribution in [0.5, 0.6) is 0 Å². The number of rotatable bonds is 1. The molecule has 0 bridgehead atoms. The lowest BCUT2D eigenvalue weighted by Gasteiger charge is -2.31. The number of fused-ring (bicyclic) bond motifs is 1. The van der Waals surface area contributed by atoms with Gasteiger partial charge in [-0.2, -0.15) is 0 Å². The minimum Gasteiger partial charge on any atom is -0.307 e. The number of anilines is 1. The zero-order valence-corrected chi connectivity index (χ0v) is 14.0. The molecule has 2 aromatic rings. The zero-order chi connectivity index (χ0) is 14.3. The summed E-state index contributed by atoms with van der Waals surface area (Å²) in [7, 11) is 0. The van der Waals surface area contributed by atoms with Crippen molar-refractivity contribution in [3.05, 3.63) is 49.6 Å². The van der Waals surface area contributed by atoms with Gasteiger partial charge in [0.2, 0.25) is 0 Å². The van der Waals surface area contributed by atoms with Crippen molar-refractivity contribution in [2.24, 2.45) is 0 Å². The van der Waals surface area contributed by atoms with Crippen LogP contribution in [0.4, 0.5) is 5.69 Å². The Bertz CT molecular complexity index is 677. The Morgan fingerprint density at radius 3 is 2.85 bits per heavy atom. The molecule has 0 N–H and O–H groups in total. The van der Waals surface area contributed by atoms with E-state index in [4.69, 9.17) is 0 Å². The van der Waals surface area contributed by atoms with Gasteiger partial charge in [0.15, 0.2) is 0 Å². The monoisotopic (exact) mass is 349 g/mol. The third-order valence-corrected chi connectivity index (χ3v) is 5.58. The summed E-state index contributed by atoms with van der Waals surface area (Å²) in [5.74, 6) is 0.109. The number of carbonyl (C=O) groups excluding carboxylic acids is 1. The molecule has 1 aromatic heterocycles. The summed E-state index contributed by atoms with van der Waals surface area (Å²) in [4.78, 5) is 15.5. The molecule has 3 rings (SSSR count). The Balaban J connectivity index is 2.06. The molecule has 104 valence electrons. The van der Waals surface area contributed by atoms with E-state index >= 15 is 0 Å². The van der Waals surface area contributed by atoms with Gasteiger partial charge in [-0.05, 0) is 76.8 Å². The van der Waals surface area contributed by atoms with Crippen molar-refractivity contribution in [2.75, 3.05) is 11.4 Å². The van der Waals surface area contributed by atoms with Crippen molar-refractivity contribution in [3.63, 3.8) is 0 Å². The summed E-state index contributed by atoms with van der Waals surface area (Å²) in [6.45, 7) is 5.03. The fourth-order valence-electron chi connectivity index (χ4n) is 2.86. The van der Waals surface area contributed by atoms with Crippen LogP contribution in [0.3, 0.4) is 0 Å². The molecule has 0 aliphatic carbocycles. The Labute approximate surface area is 131 Å². The summed E-state index contributed by atoms with van der Waals surface area (Å²) in [6.07, 6.45) is 2.10. The summed E-state index contributed by atoms with van der Waals surface area (Å²) in [5.41, 5.74) is 4.93. The first kappa shape index (κ1) is 13.8. The number of halogens is 1. The van der Waals surface area contributed by atoms with Crippen LogP contribution in [0.25, 0.3) is 0 Å². The fraction of sp³-hybridized carbons (Fsp3) is 0.312. The van der Waals surface area contributed by atoms with Crippen LogP contribution >= 0.6 is 27.3 Å². The van der Waals surface area contributed by atoms with Gasteiger partial charge in [-0.15, -0.1) is 11.3 Å². The average molecular weight is 350 g/mol. The van der Waals surface area contributed by atoms with Crippen molar-refractivity contribution in [1.29, 1.82) is 0 Å². The van der Waals surface area contributed by atoms with E-state index in [0.717, 1.165) is 34.4 Å². The lowest BCUT2D eigenvalue weighted by molar-refractivity contribution is 0.0988. The number of amides is 1. The van der Waals surface area contributed by atoms with Gasteiger partial charge in [-0.1, -0.05) is 6.07 Å². The largest absolute Gasteiger partial charge is 0.307 e. The topological polar surface area (TPSA) is 20.3 Å². The second-order valence-corrected chi connectivity index (χ2v) is 7.01. The maximum absolute atomic E-state index is 12.8. The standard InChI is InChI=1S/C16H16BrNOS/c1-10-8-11(2)12-4-3-6-18(14(12)9-10)16(19)15-13(17)5-7-20-15/h5,7-9H,3-4,6H2,1-2H3. The third-order valence-electron chi connectivity index (χ3n) is 3.75. The molecule has 0 spiro atoms. The number of hydrogen-bond donors (Lipinski definition) is 0. The van der Waals surface area contributed by atoms with Gasteiger partial charge in [0, 0.05) is 16.7 Å². The quantitative estimate of drug-likeness (QED) is 0.729. The maximum Gasteiger partial charge on any atom is 0.269 e. The SMILES string of the molecule is Cc1cc(C)c2c(c1)N(C(=O)c1sccc1Br)CCC2. The molecular weight excluding hydrogens is 334 g/mol. The van der Waals surface area contributed by atoms with Gasteiger partial charge in [0.1, 0.15) is 4.88 Å². The number of thiophene rings is 1. The molecule has 0 radical (unpaired) electrons. The molecule has 1 aromatic carbocycles. The highest BCUT2D eigenvalue weighted by molar-refractivity contribution is 9.10. The predicted molar refractivity (Wildman–Crippen MR) is 87.9 cm³/mol. The smallest absolute Gasteiger partial charge is 0.269 e. The van der Waals surface area contributed by atoms with E-state index in [1.54, 1.807) is 0 Å². The van der Waals surface area contributed by atoms with Gasteiger partial charge >= 0.3 is 0 Å². The van der Waals surface area contributed by atoms with Crippen LogP contribution in [0.1, 0.15) is 32.8 Å². The van der Waals surface area contributed by atoms with Crippen molar-refractivity contribution in [1.82, 2.24) is 0 Å². The Morgan fingerprint density at radius 2 is 2.15 bits per heavy atom. The number of benzene rings is 1. The van der Waals surface area contributed by atoms with Crippen molar-refractivity contribution >= 4 is 38.9 Å². The van der Waals surface area contributed by atoms with E-state index in [1.165, 1.54) is 28.0 Å². The molecular formula is C16H16BrNOS. The highest BCUT2D eigenvalue weighted by atomic mass is 79.9. The number of nitrogens with zero attached hydrogens (tertiary/aromatic N) is 1. The lowest BCUT2D eigenvalue weighted by Crippen LogP contribution is -2.35. The highest BCUT2D eigenvalue weighted by Crippen LogP contribution is 2.34. The molecule has 2 heterocycles. The molecule has 1 aliphatic heterocycles. The van der Waals surface area contributed by atoms with Crippen LogP contribution in [0.15, 0.2) is 28.1 Å². The van der Waals surface area contributed by atoms with Crippen LogP contribution < -0.4 is 4.90 Å². The fourth-order valence-corrected chi connectivity index (χ4v) is 4.34. The van der Waals surface area contributed by atoms with Gasteiger partial charge in [0.05, 0.1) is 0 Å². The third kappa shape index (κ3) is 2.31. The number of carbonyl (C=O) groups is 1. The van der Waals surface area contributed by atoms with Crippen molar-refractivity contribution < 1.29 is 4.79 Å². The van der Waals surface area contributed by atoms with E-state index in [9.17, 15) is 4.79 Å². The molecule has 20 heavy (non-hydrogen) atoms. The number of hydrogen-bond acceptors (Lipinski definition) is 2. The normalized spacial score (nSPS) is 14.2. The van der Waals surface area contributed by atoms with Gasteiger partial charge in [-0.25, -0.2) is 0 Å². The van der Waals surface area contributed by atoms with E-state index in [0.29, 0.717) is 0 Å². The summed E-state index contributed by atoms with van der Waals surface area (Å²) >= 11 is 4.96. The minimum atomic E-state index is 0.109. The molecule has 4 heteroatoms. The molecule has 0 saturated carbocycles. The van der Waals surface area contributed by atoms with Crippen molar-refractivity contribution in [3.8, 4) is 0 Å². The first-order chi connectivity index (χ1) is 9.58. The minimum absolute atomic E-state index is 0.109. The summed E-state index contributed by atoms with van der Waals surface area (Å²) in [5, 5.41) is 1.95. The molecule has 1 amide bonds.